The Hall–Kier alpha value is -3.09. The van der Waals surface area contributed by atoms with Crippen LogP contribution in [0, 0.1) is 0 Å². The van der Waals surface area contributed by atoms with Gasteiger partial charge in [0.25, 0.3) is 5.91 Å². The summed E-state index contributed by atoms with van der Waals surface area (Å²) < 4.78 is 15.9. The van der Waals surface area contributed by atoms with Gasteiger partial charge in [-0.3, -0.25) is 9.78 Å². The number of piperidine rings is 1. The summed E-state index contributed by atoms with van der Waals surface area (Å²) in [4.78, 5) is 31.1. The Labute approximate surface area is 157 Å². The van der Waals surface area contributed by atoms with Crippen molar-refractivity contribution >= 4 is 11.9 Å². The van der Waals surface area contributed by atoms with Crippen molar-refractivity contribution in [2.24, 2.45) is 0 Å². The molecule has 0 saturated carbocycles. The van der Waals surface area contributed by atoms with Gasteiger partial charge in [0.15, 0.2) is 11.5 Å². The summed E-state index contributed by atoms with van der Waals surface area (Å²) in [6.07, 6.45) is 5.40. The minimum atomic E-state index is -0.625. The Morgan fingerprint density at radius 2 is 1.93 bits per heavy atom. The number of carbonyl (C=O) groups excluding carboxylic acids is 2. The highest BCUT2D eigenvalue weighted by Crippen LogP contribution is 2.31. The van der Waals surface area contributed by atoms with Gasteiger partial charge < -0.3 is 19.1 Å². The molecule has 1 aromatic heterocycles. The number of carbonyl (C=O) groups is 2. The molecule has 27 heavy (non-hydrogen) atoms. The van der Waals surface area contributed by atoms with E-state index in [0.29, 0.717) is 35.8 Å². The quantitative estimate of drug-likeness (QED) is 0.595. The molecule has 7 nitrogen and oxygen atoms in total. The van der Waals surface area contributed by atoms with Crippen molar-refractivity contribution in [1.82, 2.24) is 9.88 Å². The fraction of sp³-hybridized carbons (Fsp3) is 0.350. The molecular weight excluding hydrogens is 348 g/mol. The molecule has 1 fully saturated rings. The van der Waals surface area contributed by atoms with Gasteiger partial charge in [-0.2, -0.15) is 0 Å². The van der Waals surface area contributed by atoms with E-state index in [1.165, 1.54) is 20.4 Å². The van der Waals surface area contributed by atoms with Gasteiger partial charge in [0.1, 0.15) is 11.8 Å². The van der Waals surface area contributed by atoms with Crippen LogP contribution in [-0.4, -0.2) is 48.6 Å². The van der Waals surface area contributed by atoms with E-state index in [4.69, 9.17) is 14.2 Å². The van der Waals surface area contributed by atoms with Crippen LogP contribution in [0.25, 0.3) is 0 Å². The van der Waals surface area contributed by atoms with Crippen molar-refractivity contribution in [2.75, 3.05) is 20.8 Å². The number of ether oxygens (including phenoxy) is 3. The highest BCUT2D eigenvalue weighted by atomic mass is 16.5. The molecule has 1 aliphatic heterocycles. The molecule has 7 heteroatoms. The minimum absolute atomic E-state index is 0.211. The predicted molar refractivity (Wildman–Crippen MR) is 98.1 cm³/mol. The highest BCUT2D eigenvalue weighted by molar-refractivity contribution is 5.96. The number of amides is 1. The summed E-state index contributed by atoms with van der Waals surface area (Å²) in [5.41, 5.74) is 0.461. The number of pyridine rings is 1. The summed E-state index contributed by atoms with van der Waals surface area (Å²) >= 11 is 0. The molecule has 0 radical (unpaired) electrons. The van der Waals surface area contributed by atoms with E-state index in [9.17, 15) is 9.59 Å². The van der Waals surface area contributed by atoms with Crippen LogP contribution in [0.5, 0.6) is 17.2 Å². The third kappa shape index (κ3) is 4.19. The summed E-state index contributed by atoms with van der Waals surface area (Å²) in [5, 5.41) is 0. The first-order chi connectivity index (χ1) is 13.1. The Morgan fingerprint density at radius 1 is 1.11 bits per heavy atom. The van der Waals surface area contributed by atoms with Gasteiger partial charge in [0.05, 0.1) is 19.8 Å². The molecule has 0 aliphatic carbocycles. The number of likely N-dealkylation sites (tertiary alicyclic amines) is 1. The molecule has 142 valence electrons. The van der Waals surface area contributed by atoms with E-state index in [-0.39, 0.29) is 5.91 Å². The molecule has 1 aromatic carbocycles. The van der Waals surface area contributed by atoms with Gasteiger partial charge in [-0.1, -0.05) is 0 Å². The van der Waals surface area contributed by atoms with Crippen LogP contribution in [0.1, 0.15) is 29.6 Å². The monoisotopic (exact) mass is 370 g/mol. The first-order valence-corrected chi connectivity index (χ1v) is 8.78. The second-order valence-corrected chi connectivity index (χ2v) is 6.19. The largest absolute Gasteiger partial charge is 0.493 e. The van der Waals surface area contributed by atoms with E-state index in [0.717, 1.165) is 12.8 Å². The van der Waals surface area contributed by atoms with Crippen LogP contribution in [0.3, 0.4) is 0 Å². The lowest BCUT2D eigenvalue weighted by Crippen LogP contribution is -2.49. The van der Waals surface area contributed by atoms with Crippen molar-refractivity contribution < 1.29 is 23.8 Å². The van der Waals surface area contributed by atoms with Crippen LogP contribution >= 0.6 is 0 Å². The summed E-state index contributed by atoms with van der Waals surface area (Å²) in [7, 11) is 3.05. The number of benzene rings is 1. The molecular formula is C20H22N2O5. The maximum atomic E-state index is 12.8. The number of hydrogen-bond donors (Lipinski definition) is 0. The number of aromatic nitrogens is 1. The van der Waals surface area contributed by atoms with Crippen molar-refractivity contribution in [3.63, 3.8) is 0 Å². The lowest BCUT2D eigenvalue weighted by atomic mass is 10.0. The number of hydrogen-bond acceptors (Lipinski definition) is 6. The fourth-order valence-electron chi connectivity index (χ4n) is 3.14. The van der Waals surface area contributed by atoms with Crippen molar-refractivity contribution in [1.29, 1.82) is 0 Å². The maximum Gasteiger partial charge on any atom is 0.334 e. The Balaban J connectivity index is 1.76. The second kappa shape index (κ2) is 8.53. The minimum Gasteiger partial charge on any atom is -0.493 e. The number of nitrogens with zero attached hydrogens (tertiary/aromatic N) is 2. The highest BCUT2D eigenvalue weighted by Gasteiger charge is 2.34. The predicted octanol–water partition coefficient (Wildman–Crippen LogP) is 2.70. The normalized spacial score (nSPS) is 16.5. The molecule has 1 atom stereocenters. The van der Waals surface area contributed by atoms with E-state index in [1.54, 1.807) is 41.4 Å². The zero-order valence-corrected chi connectivity index (χ0v) is 15.4. The van der Waals surface area contributed by atoms with Crippen molar-refractivity contribution in [2.45, 2.75) is 25.3 Å². The van der Waals surface area contributed by atoms with Crippen LogP contribution in [0.4, 0.5) is 0 Å². The number of esters is 1. The molecule has 1 amide bonds. The molecule has 2 heterocycles. The third-order valence-electron chi connectivity index (χ3n) is 4.52. The molecule has 3 rings (SSSR count). The van der Waals surface area contributed by atoms with Crippen LogP contribution in [-0.2, 0) is 4.79 Å². The van der Waals surface area contributed by atoms with Gasteiger partial charge in [-0.15, -0.1) is 0 Å². The van der Waals surface area contributed by atoms with Gasteiger partial charge in [0.2, 0.25) is 0 Å². The van der Waals surface area contributed by atoms with E-state index >= 15 is 0 Å². The van der Waals surface area contributed by atoms with Crippen molar-refractivity contribution in [3.8, 4) is 17.2 Å². The Morgan fingerprint density at radius 3 is 2.63 bits per heavy atom. The molecule has 1 unspecified atom stereocenters. The van der Waals surface area contributed by atoms with Crippen LogP contribution < -0.4 is 14.2 Å². The summed E-state index contributed by atoms with van der Waals surface area (Å²) in [5.74, 6) is 0.686. The average molecular weight is 370 g/mol. The first kappa shape index (κ1) is 18.7. The lowest BCUT2D eigenvalue weighted by Gasteiger charge is -2.34. The van der Waals surface area contributed by atoms with E-state index in [2.05, 4.69) is 4.98 Å². The van der Waals surface area contributed by atoms with Gasteiger partial charge in [-0.05, 0) is 43.5 Å². The fourth-order valence-corrected chi connectivity index (χ4v) is 3.14. The standard InChI is InChI=1S/C20H22N2O5/c1-25-17-9-8-15(12-18(17)26-2)27-20(24)16-7-3-4-11-22(16)19(23)14-6-5-10-21-13-14/h5-6,8-10,12-13,16H,3-4,7,11H2,1-2H3. The van der Waals surface area contributed by atoms with Crippen LogP contribution in [0.2, 0.25) is 0 Å². The topological polar surface area (TPSA) is 78.0 Å². The molecule has 1 saturated heterocycles. The summed E-state index contributed by atoms with van der Waals surface area (Å²) in [6, 6.07) is 7.66. The third-order valence-corrected chi connectivity index (χ3v) is 4.52. The van der Waals surface area contributed by atoms with Crippen molar-refractivity contribution in [3.05, 3.63) is 48.3 Å². The summed E-state index contributed by atoms with van der Waals surface area (Å²) in [6.45, 7) is 0.513. The SMILES string of the molecule is COc1ccc(OC(=O)C2CCCCN2C(=O)c2cccnc2)cc1OC. The first-order valence-electron chi connectivity index (χ1n) is 8.78. The Kier molecular flexibility index (Phi) is 5.90. The van der Waals surface area contributed by atoms with E-state index in [1.807, 2.05) is 0 Å². The van der Waals surface area contributed by atoms with Gasteiger partial charge >= 0.3 is 5.97 Å². The lowest BCUT2D eigenvalue weighted by molar-refractivity contribution is -0.140. The molecule has 2 aromatic rings. The molecule has 0 bridgehead atoms. The molecule has 1 aliphatic rings. The Bertz CT molecular complexity index is 809. The van der Waals surface area contributed by atoms with E-state index < -0.39 is 12.0 Å². The number of methoxy groups -OCH3 is 2. The number of rotatable bonds is 5. The van der Waals surface area contributed by atoms with Crippen LogP contribution in [0.15, 0.2) is 42.7 Å². The van der Waals surface area contributed by atoms with Gasteiger partial charge in [-0.25, -0.2) is 4.79 Å². The second-order valence-electron chi connectivity index (χ2n) is 6.19. The average Bonchev–Trinajstić information content (AvgIpc) is 2.73. The maximum absolute atomic E-state index is 12.8. The zero-order valence-electron chi connectivity index (χ0n) is 15.4. The van der Waals surface area contributed by atoms with Gasteiger partial charge in [0, 0.05) is 25.0 Å². The smallest absolute Gasteiger partial charge is 0.334 e. The zero-order chi connectivity index (χ0) is 19.2. The molecule has 0 spiro atoms. The molecule has 0 N–H and O–H groups in total.